The van der Waals surface area contributed by atoms with Gasteiger partial charge in [-0.2, -0.15) is 0 Å². The maximum absolute atomic E-state index is 12.9. The largest absolute Gasteiger partial charge is 0.493 e. The molecule has 0 aliphatic heterocycles. The number of carbonyl (C=O) groups excluding carboxylic acids is 1. The van der Waals surface area contributed by atoms with Crippen LogP contribution in [-0.4, -0.2) is 43.6 Å². The number of benzene rings is 2. The van der Waals surface area contributed by atoms with Gasteiger partial charge < -0.3 is 14.4 Å². The fourth-order valence-electron chi connectivity index (χ4n) is 3.83. The molecular formula is C25H26N4O6. The van der Waals surface area contributed by atoms with Gasteiger partial charge in [0.1, 0.15) is 11.3 Å². The van der Waals surface area contributed by atoms with Gasteiger partial charge in [0.15, 0.2) is 17.1 Å². The quantitative estimate of drug-likeness (QED) is 0.237. The number of aryl methyl sites for hydroxylation is 1. The lowest BCUT2D eigenvalue weighted by Crippen LogP contribution is -2.27. The van der Waals surface area contributed by atoms with Crippen molar-refractivity contribution in [2.24, 2.45) is 5.92 Å². The van der Waals surface area contributed by atoms with E-state index in [0.717, 1.165) is 23.9 Å². The monoisotopic (exact) mass is 478 g/mol. The number of unbranched alkanes of at least 4 members (excludes halogenated alkanes) is 2. The number of carbonyl (C=O) groups is 2. The summed E-state index contributed by atoms with van der Waals surface area (Å²) in [5.74, 6) is -2.01. The molecule has 0 spiro atoms. The summed E-state index contributed by atoms with van der Waals surface area (Å²) in [7, 11) is 0. The van der Waals surface area contributed by atoms with E-state index in [9.17, 15) is 19.5 Å². The third-order valence-corrected chi connectivity index (χ3v) is 5.82. The Kier molecular flexibility index (Phi) is 7.49. The summed E-state index contributed by atoms with van der Waals surface area (Å²) in [4.78, 5) is 37.4. The van der Waals surface area contributed by atoms with Gasteiger partial charge in [-0.25, -0.2) is 4.68 Å². The van der Waals surface area contributed by atoms with Crippen molar-refractivity contribution in [2.75, 3.05) is 6.61 Å². The third kappa shape index (κ3) is 5.53. The van der Waals surface area contributed by atoms with Gasteiger partial charge in [-0.1, -0.05) is 42.3 Å². The fourth-order valence-corrected chi connectivity index (χ4v) is 3.83. The standard InChI is InChI=1S/C25H26N4O6/c1-2-3-6-13-34-17-9-10-19-22(15-17)35-27-23(19)21(30)14-16(25(32)33)11-12-29-24(31)18-7-4-5-8-20(18)26-28-29/h4-5,7-10,15-16H,2-3,6,11-14H2,1H3,(H,32,33). The normalized spacial score (nSPS) is 12.1. The molecule has 0 bridgehead atoms. The molecule has 4 rings (SSSR count). The van der Waals surface area contributed by atoms with Crippen LogP contribution in [0, 0.1) is 5.92 Å². The first kappa shape index (κ1) is 24.1. The second-order valence-corrected chi connectivity index (χ2v) is 8.33. The number of hydrogen-bond acceptors (Lipinski definition) is 8. The lowest BCUT2D eigenvalue weighted by atomic mass is 9.96. The molecule has 0 saturated heterocycles. The Hall–Kier alpha value is -4.08. The zero-order valence-electron chi connectivity index (χ0n) is 19.3. The van der Waals surface area contributed by atoms with E-state index in [-0.39, 0.29) is 30.6 Å². The number of ketones is 1. The molecule has 2 aromatic heterocycles. The van der Waals surface area contributed by atoms with Crippen molar-refractivity contribution >= 4 is 33.6 Å². The summed E-state index contributed by atoms with van der Waals surface area (Å²) in [5.41, 5.74) is 0.574. The SMILES string of the molecule is CCCCCOc1ccc2c(C(=O)CC(CCn3nnc4ccccc4c3=O)C(=O)O)noc2c1. The molecule has 0 saturated carbocycles. The average Bonchev–Trinajstić information content (AvgIpc) is 3.29. The van der Waals surface area contributed by atoms with Crippen molar-refractivity contribution in [3.05, 3.63) is 58.5 Å². The van der Waals surface area contributed by atoms with Crippen LogP contribution in [-0.2, 0) is 11.3 Å². The molecule has 1 atom stereocenters. The van der Waals surface area contributed by atoms with Crippen molar-refractivity contribution in [2.45, 2.75) is 45.6 Å². The molecule has 0 fully saturated rings. The summed E-state index contributed by atoms with van der Waals surface area (Å²) in [6.07, 6.45) is 2.86. The van der Waals surface area contributed by atoms with Gasteiger partial charge in [0.05, 0.1) is 23.3 Å². The number of carboxylic acid groups (broad SMARTS) is 1. The summed E-state index contributed by atoms with van der Waals surface area (Å²) in [6, 6.07) is 11.9. The van der Waals surface area contributed by atoms with Crippen molar-refractivity contribution in [1.82, 2.24) is 20.2 Å². The number of fused-ring (bicyclic) bond motifs is 2. The molecule has 182 valence electrons. The predicted octanol–water partition coefficient (Wildman–Crippen LogP) is 3.87. The smallest absolute Gasteiger partial charge is 0.307 e. The van der Waals surface area contributed by atoms with Crippen LogP contribution in [0.4, 0.5) is 0 Å². The van der Waals surface area contributed by atoms with Gasteiger partial charge in [0, 0.05) is 19.0 Å². The molecule has 10 nitrogen and oxygen atoms in total. The van der Waals surface area contributed by atoms with Crippen LogP contribution in [0.3, 0.4) is 0 Å². The predicted molar refractivity (Wildman–Crippen MR) is 128 cm³/mol. The number of aromatic nitrogens is 4. The summed E-state index contributed by atoms with van der Waals surface area (Å²) in [5, 5.41) is 22.3. The summed E-state index contributed by atoms with van der Waals surface area (Å²) >= 11 is 0. The Morgan fingerprint density at radius 2 is 1.97 bits per heavy atom. The molecule has 1 N–H and O–H groups in total. The van der Waals surface area contributed by atoms with Crippen molar-refractivity contribution in [3.8, 4) is 5.75 Å². The van der Waals surface area contributed by atoms with E-state index >= 15 is 0 Å². The fraction of sp³-hybridized carbons (Fsp3) is 0.360. The summed E-state index contributed by atoms with van der Waals surface area (Å²) < 4.78 is 12.1. The van der Waals surface area contributed by atoms with E-state index in [2.05, 4.69) is 22.4 Å². The Balaban J connectivity index is 1.44. The number of hydrogen-bond donors (Lipinski definition) is 1. The molecular weight excluding hydrogens is 452 g/mol. The highest BCUT2D eigenvalue weighted by Crippen LogP contribution is 2.26. The molecule has 1 unspecified atom stereocenters. The second-order valence-electron chi connectivity index (χ2n) is 8.33. The van der Waals surface area contributed by atoms with Gasteiger partial charge in [-0.05, 0) is 37.1 Å². The van der Waals surface area contributed by atoms with Crippen LogP contribution in [0.25, 0.3) is 21.9 Å². The molecule has 0 amide bonds. The molecule has 2 heterocycles. The van der Waals surface area contributed by atoms with E-state index in [4.69, 9.17) is 9.26 Å². The van der Waals surface area contributed by atoms with E-state index in [1.165, 1.54) is 0 Å². The minimum atomic E-state index is -1.14. The number of rotatable bonds is 12. The van der Waals surface area contributed by atoms with Gasteiger partial charge in [-0.3, -0.25) is 14.4 Å². The van der Waals surface area contributed by atoms with Gasteiger partial charge >= 0.3 is 5.97 Å². The zero-order chi connectivity index (χ0) is 24.8. The van der Waals surface area contributed by atoms with E-state index < -0.39 is 17.7 Å². The van der Waals surface area contributed by atoms with Crippen molar-refractivity contribution in [3.63, 3.8) is 0 Å². The highest BCUT2D eigenvalue weighted by atomic mass is 16.5. The maximum Gasteiger partial charge on any atom is 0.307 e. The van der Waals surface area contributed by atoms with Crippen molar-refractivity contribution in [1.29, 1.82) is 0 Å². The molecule has 2 aromatic carbocycles. The van der Waals surface area contributed by atoms with Gasteiger partial charge in [0.2, 0.25) is 0 Å². The highest BCUT2D eigenvalue weighted by molar-refractivity contribution is 6.06. The molecule has 0 aliphatic rings. The molecule has 35 heavy (non-hydrogen) atoms. The van der Waals surface area contributed by atoms with Crippen LogP contribution in [0.2, 0.25) is 0 Å². The zero-order valence-corrected chi connectivity index (χ0v) is 19.3. The van der Waals surface area contributed by atoms with E-state index in [1.54, 1.807) is 42.5 Å². The molecule has 10 heteroatoms. The lowest BCUT2D eigenvalue weighted by Gasteiger charge is -2.11. The number of aliphatic carboxylic acids is 1. The average molecular weight is 479 g/mol. The van der Waals surface area contributed by atoms with E-state index in [0.29, 0.717) is 34.2 Å². The van der Waals surface area contributed by atoms with Crippen LogP contribution in [0.15, 0.2) is 51.8 Å². The Bertz CT molecular complexity index is 1410. The maximum atomic E-state index is 12.9. The molecule has 4 aromatic rings. The second kappa shape index (κ2) is 10.9. The number of carboxylic acids is 1. The van der Waals surface area contributed by atoms with Crippen molar-refractivity contribution < 1.29 is 24.0 Å². The Morgan fingerprint density at radius 3 is 2.77 bits per heavy atom. The van der Waals surface area contributed by atoms with Crippen LogP contribution in [0.5, 0.6) is 5.75 Å². The van der Waals surface area contributed by atoms with Gasteiger partial charge in [-0.15, -0.1) is 5.10 Å². The number of ether oxygens (including phenoxy) is 1. The lowest BCUT2D eigenvalue weighted by molar-refractivity contribution is -0.142. The van der Waals surface area contributed by atoms with Gasteiger partial charge in [0.25, 0.3) is 5.56 Å². The Morgan fingerprint density at radius 1 is 1.14 bits per heavy atom. The number of nitrogens with zero attached hydrogens (tertiary/aromatic N) is 4. The van der Waals surface area contributed by atoms with E-state index in [1.807, 2.05) is 0 Å². The first-order chi connectivity index (χ1) is 17.0. The minimum Gasteiger partial charge on any atom is -0.493 e. The number of Topliss-reactive ketones (excluding diaryl/α,β-unsaturated/α-hetero) is 1. The topological polar surface area (TPSA) is 137 Å². The first-order valence-corrected chi connectivity index (χ1v) is 11.6. The van der Waals surface area contributed by atoms with Crippen LogP contribution < -0.4 is 10.3 Å². The summed E-state index contributed by atoms with van der Waals surface area (Å²) in [6.45, 7) is 2.72. The molecule has 0 radical (unpaired) electrons. The third-order valence-electron chi connectivity index (χ3n) is 5.82. The highest BCUT2D eigenvalue weighted by Gasteiger charge is 2.26. The Labute approximate surface area is 200 Å². The van der Waals surface area contributed by atoms with Crippen LogP contribution in [0.1, 0.15) is 49.5 Å². The minimum absolute atomic E-state index is 0.0131. The molecule has 0 aliphatic carbocycles. The first-order valence-electron chi connectivity index (χ1n) is 11.6. The van der Waals surface area contributed by atoms with Crippen LogP contribution >= 0.6 is 0 Å².